The van der Waals surface area contributed by atoms with Gasteiger partial charge in [0.15, 0.2) is 0 Å². The van der Waals surface area contributed by atoms with Gasteiger partial charge >= 0.3 is 0 Å². The first kappa shape index (κ1) is 16.8. The maximum Gasteiger partial charge on any atom is 0.268 e. The highest BCUT2D eigenvalue weighted by Crippen LogP contribution is 2.34. The molecular formula is C17H23N5OS. The fraction of sp³-hybridized carbons (Fsp3) is 0.529. The van der Waals surface area contributed by atoms with Crippen LogP contribution >= 0.6 is 11.5 Å². The van der Waals surface area contributed by atoms with E-state index in [2.05, 4.69) is 27.6 Å². The molecule has 0 radical (unpaired) electrons. The number of carbonyl (C=O) groups is 1. The van der Waals surface area contributed by atoms with Crippen LogP contribution in [0.25, 0.3) is 0 Å². The number of aryl methyl sites for hydroxylation is 1. The minimum Gasteiger partial charge on any atom is -0.363 e. The van der Waals surface area contributed by atoms with E-state index in [1.54, 1.807) is 0 Å². The van der Waals surface area contributed by atoms with Gasteiger partial charge in [0.2, 0.25) is 0 Å². The smallest absolute Gasteiger partial charge is 0.268 e. The van der Waals surface area contributed by atoms with Gasteiger partial charge in [-0.2, -0.15) is 0 Å². The molecule has 24 heavy (non-hydrogen) atoms. The van der Waals surface area contributed by atoms with Crippen molar-refractivity contribution in [2.75, 3.05) is 25.5 Å². The average Bonchev–Trinajstić information content (AvgIpc) is 3.24. The van der Waals surface area contributed by atoms with Gasteiger partial charge in [-0.15, -0.1) is 5.10 Å². The van der Waals surface area contributed by atoms with Crippen LogP contribution in [0.5, 0.6) is 0 Å². The lowest BCUT2D eigenvalue weighted by atomic mass is 10.1. The van der Waals surface area contributed by atoms with Gasteiger partial charge in [-0.3, -0.25) is 4.79 Å². The molecule has 3 heterocycles. The number of aromatic nitrogens is 3. The molecule has 128 valence electrons. The molecule has 0 N–H and O–H groups in total. The van der Waals surface area contributed by atoms with Crippen molar-refractivity contribution < 1.29 is 4.79 Å². The number of nitrogens with zero attached hydrogens (tertiary/aromatic N) is 5. The van der Waals surface area contributed by atoms with Crippen molar-refractivity contribution in [2.45, 2.75) is 38.6 Å². The SMILES string of the molecule is CCCc1nnsc1C(=O)N1CCC[C@H]1c1ccnc(N(C)C)c1. The van der Waals surface area contributed by atoms with Crippen molar-refractivity contribution in [2.24, 2.45) is 0 Å². The molecule has 2 aromatic rings. The average molecular weight is 345 g/mol. The minimum atomic E-state index is 0.0687. The Kier molecular flexibility index (Phi) is 5.08. The van der Waals surface area contributed by atoms with E-state index in [0.717, 1.165) is 49.3 Å². The van der Waals surface area contributed by atoms with Crippen LogP contribution in [0.15, 0.2) is 18.3 Å². The fourth-order valence-electron chi connectivity index (χ4n) is 3.14. The predicted molar refractivity (Wildman–Crippen MR) is 95.5 cm³/mol. The van der Waals surface area contributed by atoms with Crippen LogP contribution in [0.1, 0.15) is 53.2 Å². The molecule has 1 fully saturated rings. The minimum absolute atomic E-state index is 0.0687. The largest absolute Gasteiger partial charge is 0.363 e. The molecule has 2 aromatic heterocycles. The predicted octanol–water partition coefficient (Wildman–Crippen LogP) is 2.93. The van der Waals surface area contributed by atoms with E-state index in [4.69, 9.17) is 0 Å². The molecule has 0 saturated carbocycles. The molecule has 1 atom stereocenters. The van der Waals surface area contributed by atoms with Crippen LogP contribution in [-0.4, -0.2) is 46.0 Å². The highest BCUT2D eigenvalue weighted by Gasteiger charge is 2.33. The number of hydrogen-bond donors (Lipinski definition) is 0. The first-order chi connectivity index (χ1) is 11.6. The first-order valence-corrected chi connectivity index (χ1v) is 9.14. The van der Waals surface area contributed by atoms with E-state index in [-0.39, 0.29) is 11.9 Å². The third-order valence-corrected chi connectivity index (χ3v) is 5.12. The molecular weight excluding hydrogens is 322 g/mol. The molecule has 1 aliphatic rings. The van der Waals surface area contributed by atoms with Gasteiger partial charge in [0.05, 0.1) is 11.7 Å². The molecule has 1 saturated heterocycles. The lowest BCUT2D eigenvalue weighted by Crippen LogP contribution is -2.30. The summed E-state index contributed by atoms with van der Waals surface area (Å²) in [7, 11) is 3.95. The van der Waals surface area contributed by atoms with Gasteiger partial charge in [0, 0.05) is 26.8 Å². The Labute approximate surface area is 146 Å². The standard InChI is InChI=1S/C17H23N5OS/c1-4-6-13-16(24-20-19-13)17(23)22-10-5-7-14(22)12-8-9-18-15(11-12)21(2)3/h8-9,11,14H,4-7,10H2,1-3H3/t14-/m0/s1. The summed E-state index contributed by atoms with van der Waals surface area (Å²) in [6, 6.07) is 4.20. The third-order valence-electron chi connectivity index (χ3n) is 4.36. The third kappa shape index (κ3) is 3.26. The molecule has 7 heteroatoms. The molecule has 1 amide bonds. The topological polar surface area (TPSA) is 62.2 Å². The first-order valence-electron chi connectivity index (χ1n) is 8.37. The Morgan fingerprint density at radius 1 is 1.46 bits per heavy atom. The van der Waals surface area contributed by atoms with Crippen LogP contribution in [-0.2, 0) is 6.42 Å². The maximum atomic E-state index is 13.0. The summed E-state index contributed by atoms with van der Waals surface area (Å²) in [5, 5.41) is 4.14. The zero-order valence-corrected chi connectivity index (χ0v) is 15.2. The van der Waals surface area contributed by atoms with Crippen LogP contribution in [0.3, 0.4) is 0 Å². The van der Waals surface area contributed by atoms with E-state index >= 15 is 0 Å². The van der Waals surface area contributed by atoms with Gasteiger partial charge in [-0.05, 0) is 48.5 Å². The second kappa shape index (κ2) is 7.25. The Bertz CT molecular complexity index is 715. The lowest BCUT2D eigenvalue weighted by Gasteiger charge is -2.25. The maximum absolute atomic E-state index is 13.0. The lowest BCUT2D eigenvalue weighted by molar-refractivity contribution is 0.0739. The quantitative estimate of drug-likeness (QED) is 0.834. The number of carbonyl (C=O) groups excluding carboxylic acids is 1. The van der Waals surface area contributed by atoms with Crippen molar-refractivity contribution in [3.05, 3.63) is 34.5 Å². The zero-order chi connectivity index (χ0) is 17.1. The van der Waals surface area contributed by atoms with Crippen LogP contribution in [0.2, 0.25) is 0 Å². The molecule has 0 aliphatic carbocycles. The van der Waals surface area contributed by atoms with Gasteiger partial charge < -0.3 is 9.80 Å². The fourth-order valence-corrected chi connectivity index (χ4v) is 3.81. The summed E-state index contributed by atoms with van der Waals surface area (Å²) < 4.78 is 4.00. The van der Waals surface area contributed by atoms with Gasteiger partial charge in [-0.1, -0.05) is 17.8 Å². The van der Waals surface area contributed by atoms with Crippen molar-refractivity contribution >= 4 is 23.3 Å². The highest BCUT2D eigenvalue weighted by molar-refractivity contribution is 7.08. The molecule has 0 spiro atoms. The molecule has 3 rings (SSSR count). The van der Waals surface area contributed by atoms with E-state index < -0.39 is 0 Å². The van der Waals surface area contributed by atoms with Gasteiger partial charge in [-0.25, -0.2) is 4.98 Å². The van der Waals surface area contributed by atoms with E-state index in [9.17, 15) is 4.79 Å². The van der Waals surface area contributed by atoms with Crippen molar-refractivity contribution in [3.63, 3.8) is 0 Å². The summed E-state index contributed by atoms with van der Waals surface area (Å²) in [5.74, 6) is 0.983. The second-order valence-electron chi connectivity index (χ2n) is 6.30. The second-order valence-corrected chi connectivity index (χ2v) is 7.05. The van der Waals surface area contributed by atoms with Crippen LogP contribution in [0, 0.1) is 0 Å². The Morgan fingerprint density at radius 3 is 3.04 bits per heavy atom. The number of amides is 1. The van der Waals surface area contributed by atoms with E-state index in [1.807, 2.05) is 36.2 Å². The van der Waals surface area contributed by atoms with E-state index in [1.165, 1.54) is 11.5 Å². The van der Waals surface area contributed by atoms with Gasteiger partial charge in [0.25, 0.3) is 5.91 Å². The molecule has 6 nitrogen and oxygen atoms in total. The van der Waals surface area contributed by atoms with Crippen LogP contribution in [0.4, 0.5) is 5.82 Å². The summed E-state index contributed by atoms with van der Waals surface area (Å²) in [4.78, 5) is 22.1. The molecule has 0 bridgehead atoms. The van der Waals surface area contributed by atoms with Crippen molar-refractivity contribution in [3.8, 4) is 0 Å². The summed E-state index contributed by atoms with van der Waals surface area (Å²) in [5.41, 5.74) is 1.98. The Balaban J connectivity index is 1.86. The number of pyridine rings is 1. The van der Waals surface area contributed by atoms with Gasteiger partial charge in [0.1, 0.15) is 10.7 Å². The zero-order valence-electron chi connectivity index (χ0n) is 14.4. The molecule has 0 aromatic carbocycles. The normalized spacial score (nSPS) is 17.3. The number of anilines is 1. The molecule has 0 unspecified atom stereocenters. The summed E-state index contributed by atoms with van der Waals surface area (Å²) in [6.07, 6.45) is 5.59. The number of hydrogen-bond acceptors (Lipinski definition) is 6. The Morgan fingerprint density at radius 2 is 2.29 bits per heavy atom. The summed E-state index contributed by atoms with van der Waals surface area (Å²) in [6.45, 7) is 2.87. The highest BCUT2D eigenvalue weighted by atomic mass is 32.1. The van der Waals surface area contributed by atoms with Crippen LogP contribution < -0.4 is 4.90 Å². The number of rotatable bonds is 5. The van der Waals surface area contributed by atoms with Crippen molar-refractivity contribution in [1.29, 1.82) is 0 Å². The Hall–Kier alpha value is -2.02. The van der Waals surface area contributed by atoms with E-state index in [0.29, 0.717) is 4.88 Å². The van der Waals surface area contributed by atoms with Crippen molar-refractivity contribution in [1.82, 2.24) is 19.5 Å². The number of likely N-dealkylation sites (tertiary alicyclic amines) is 1. The summed E-state index contributed by atoms with van der Waals surface area (Å²) >= 11 is 1.22. The monoisotopic (exact) mass is 345 g/mol. The molecule has 1 aliphatic heterocycles.